The molecule has 0 saturated carbocycles. The van der Waals surface area contributed by atoms with Crippen LogP contribution in [0.4, 0.5) is 5.69 Å². The second kappa shape index (κ2) is 8.91. The van der Waals surface area contributed by atoms with Gasteiger partial charge in [-0.25, -0.2) is 8.42 Å². The minimum absolute atomic E-state index is 0.0249. The summed E-state index contributed by atoms with van der Waals surface area (Å²) in [6.45, 7) is 10.2. The van der Waals surface area contributed by atoms with Crippen LogP contribution < -0.4 is 4.31 Å². The van der Waals surface area contributed by atoms with E-state index in [0.29, 0.717) is 36.6 Å². The Labute approximate surface area is 202 Å². The van der Waals surface area contributed by atoms with Crippen LogP contribution in [0, 0.1) is 13.8 Å². The predicted molar refractivity (Wildman–Crippen MR) is 133 cm³/mol. The van der Waals surface area contributed by atoms with E-state index in [1.165, 1.54) is 8.99 Å². The number of carbonyl (C=O) groups excluding carboxylic acids is 1. The predicted octanol–water partition coefficient (Wildman–Crippen LogP) is 4.08. The van der Waals surface area contributed by atoms with Crippen LogP contribution in [0.15, 0.2) is 59.5 Å². The van der Waals surface area contributed by atoms with Crippen LogP contribution in [-0.2, 0) is 34.3 Å². The van der Waals surface area contributed by atoms with Crippen molar-refractivity contribution in [2.75, 3.05) is 10.8 Å². The van der Waals surface area contributed by atoms with Gasteiger partial charge in [0.25, 0.3) is 10.0 Å². The average Bonchev–Trinajstić information content (AvgIpc) is 3.33. The first kappa shape index (κ1) is 24.0. The molecule has 0 atom stereocenters. The quantitative estimate of drug-likeness (QED) is 0.533. The van der Waals surface area contributed by atoms with Gasteiger partial charge < -0.3 is 4.90 Å². The van der Waals surface area contributed by atoms with Crippen molar-refractivity contribution in [1.82, 2.24) is 14.7 Å². The zero-order valence-electron chi connectivity index (χ0n) is 20.4. The monoisotopic (exact) mass is 480 g/mol. The number of para-hydroxylation sites is 1. The molecule has 1 amide bonds. The molecule has 0 N–H and O–H groups in total. The van der Waals surface area contributed by atoms with Crippen molar-refractivity contribution in [2.24, 2.45) is 0 Å². The van der Waals surface area contributed by atoms with Crippen LogP contribution >= 0.6 is 0 Å². The molecule has 8 heteroatoms. The number of anilines is 1. The van der Waals surface area contributed by atoms with Crippen LogP contribution in [0.3, 0.4) is 0 Å². The van der Waals surface area contributed by atoms with E-state index < -0.39 is 15.6 Å². The van der Waals surface area contributed by atoms with E-state index in [-0.39, 0.29) is 17.3 Å². The van der Waals surface area contributed by atoms with Crippen LogP contribution in [0.1, 0.15) is 43.3 Å². The SMILES string of the molecule is Cc1nn(CC(=O)N(Cc2ccccc2)C(C)(C)C)c(C)c1S(=O)(=O)N1CCc2ccccc21. The minimum Gasteiger partial charge on any atom is -0.332 e. The molecule has 0 radical (unpaired) electrons. The van der Waals surface area contributed by atoms with Gasteiger partial charge in [-0.1, -0.05) is 48.5 Å². The Bertz CT molecular complexity index is 1310. The summed E-state index contributed by atoms with van der Waals surface area (Å²) in [6, 6.07) is 17.4. The Hall–Kier alpha value is -3.13. The normalized spacial score (nSPS) is 13.7. The zero-order valence-corrected chi connectivity index (χ0v) is 21.3. The van der Waals surface area contributed by atoms with Gasteiger partial charge in [-0.05, 0) is 58.2 Å². The molecular formula is C26H32N4O3S. The molecule has 0 fully saturated rings. The summed E-state index contributed by atoms with van der Waals surface area (Å²) in [5.41, 5.74) is 3.24. The topological polar surface area (TPSA) is 75.5 Å². The molecule has 7 nitrogen and oxygen atoms in total. The van der Waals surface area contributed by atoms with E-state index in [2.05, 4.69) is 5.10 Å². The number of benzene rings is 2. The highest BCUT2D eigenvalue weighted by Gasteiger charge is 2.35. The molecule has 0 aliphatic carbocycles. The third-order valence-electron chi connectivity index (χ3n) is 6.29. The molecule has 4 rings (SSSR count). The van der Waals surface area contributed by atoms with Gasteiger partial charge in [-0.2, -0.15) is 5.10 Å². The number of hydrogen-bond acceptors (Lipinski definition) is 4. The Morgan fingerprint density at radius 2 is 1.68 bits per heavy atom. The third-order valence-corrected chi connectivity index (χ3v) is 8.35. The number of fused-ring (bicyclic) bond motifs is 1. The lowest BCUT2D eigenvalue weighted by Gasteiger charge is -2.36. The van der Waals surface area contributed by atoms with Crippen molar-refractivity contribution < 1.29 is 13.2 Å². The number of nitrogens with zero attached hydrogens (tertiary/aromatic N) is 4. The number of sulfonamides is 1. The number of hydrogen-bond donors (Lipinski definition) is 0. The van der Waals surface area contributed by atoms with E-state index in [1.54, 1.807) is 13.8 Å². The van der Waals surface area contributed by atoms with E-state index >= 15 is 0 Å². The second-order valence-corrected chi connectivity index (χ2v) is 11.5. The van der Waals surface area contributed by atoms with Crippen molar-refractivity contribution in [3.05, 3.63) is 77.1 Å². The maximum absolute atomic E-state index is 13.6. The minimum atomic E-state index is -3.80. The number of amides is 1. The molecule has 1 aromatic heterocycles. The fourth-order valence-electron chi connectivity index (χ4n) is 4.55. The Balaban J connectivity index is 1.63. The standard InChI is InChI=1S/C26H32N4O3S/c1-19-25(34(32,33)30-16-15-22-13-9-10-14-23(22)30)20(2)29(27-19)18-24(31)28(26(3,4)5)17-21-11-7-6-8-12-21/h6-14H,15-18H2,1-5H3. The summed E-state index contributed by atoms with van der Waals surface area (Å²) < 4.78 is 30.3. The van der Waals surface area contributed by atoms with E-state index in [0.717, 1.165) is 11.1 Å². The molecule has 0 spiro atoms. The Morgan fingerprint density at radius 1 is 1.03 bits per heavy atom. The van der Waals surface area contributed by atoms with Crippen molar-refractivity contribution in [2.45, 2.75) is 64.6 Å². The zero-order chi connectivity index (χ0) is 24.7. The average molecular weight is 481 g/mol. The van der Waals surface area contributed by atoms with Gasteiger partial charge in [-0.3, -0.25) is 13.8 Å². The molecule has 0 saturated heterocycles. The summed E-state index contributed by atoms with van der Waals surface area (Å²) >= 11 is 0. The number of aryl methyl sites for hydroxylation is 1. The number of rotatable bonds is 6. The summed E-state index contributed by atoms with van der Waals surface area (Å²) in [4.78, 5) is 15.4. The number of aromatic nitrogens is 2. The van der Waals surface area contributed by atoms with E-state index in [9.17, 15) is 13.2 Å². The molecule has 0 bridgehead atoms. The lowest BCUT2D eigenvalue weighted by atomic mass is 10.0. The lowest BCUT2D eigenvalue weighted by molar-refractivity contribution is -0.137. The van der Waals surface area contributed by atoms with E-state index in [4.69, 9.17) is 0 Å². The summed E-state index contributed by atoms with van der Waals surface area (Å²) in [5.74, 6) is -0.114. The van der Waals surface area contributed by atoms with Gasteiger partial charge in [0, 0.05) is 18.6 Å². The summed E-state index contributed by atoms with van der Waals surface area (Å²) in [7, 11) is -3.80. The Morgan fingerprint density at radius 3 is 2.35 bits per heavy atom. The summed E-state index contributed by atoms with van der Waals surface area (Å²) in [5, 5.41) is 4.48. The fraction of sp³-hybridized carbons (Fsp3) is 0.385. The molecule has 180 valence electrons. The van der Waals surface area contributed by atoms with Gasteiger partial charge in [0.05, 0.1) is 17.1 Å². The summed E-state index contributed by atoms with van der Waals surface area (Å²) in [6.07, 6.45) is 0.681. The number of carbonyl (C=O) groups is 1. The molecular weight excluding hydrogens is 448 g/mol. The van der Waals surface area contributed by atoms with E-state index in [1.807, 2.05) is 80.3 Å². The first-order valence-electron chi connectivity index (χ1n) is 11.5. The van der Waals surface area contributed by atoms with Crippen molar-refractivity contribution in [3.63, 3.8) is 0 Å². The van der Waals surface area contributed by atoms with Gasteiger partial charge >= 0.3 is 0 Å². The van der Waals surface area contributed by atoms with Gasteiger partial charge in [0.2, 0.25) is 5.91 Å². The van der Waals surface area contributed by atoms with Gasteiger partial charge in [0.15, 0.2) is 0 Å². The molecule has 1 aliphatic rings. The van der Waals surface area contributed by atoms with Crippen LogP contribution in [-0.4, -0.2) is 41.1 Å². The van der Waals surface area contributed by atoms with Gasteiger partial charge in [-0.15, -0.1) is 0 Å². The van der Waals surface area contributed by atoms with Crippen LogP contribution in [0.5, 0.6) is 0 Å². The molecule has 0 unspecified atom stereocenters. The molecule has 2 aromatic carbocycles. The maximum atomic E-state index is 13.6. The highest BCUT2D eigenvalue weighted by atomic mass is 32.2. The van der Waals surface area contributed by atoms with Crippen molar-refractivity contribution in [3.8, 4) is 0 Å². The third kappa shape index (κ3) is 4.46. The lowest BCUT2D eigenvalue weighted by Crippen LogP contribution is -2.46. The molecule has 2 heterocycles. The van der Waals surface area contributed by atoms with Crippen molar-refractivity contribution >= 4 is 21.6 Å². The van der Waals surface area contributed by atoms with Crippen molar-refractivity contribution in [1.29, 1.82) is 0 Å². The fourth-order valence-corrected chi connectivity index (χ4v) is 6.44. The molecule has 1 aliphatic heterocycles. The smallest absolute Gasteiger partial charge is 0.268 e. The first-order valence-corrected chi connectivity index (χ1v) is 12.9. The Kier molecular flexibility index (Phi) is 6.29. The maximum Gasteiger partial charge on any atom is 0.268 e. The van der Waals surface area contributed by atoms with Crippen LogP contribution in [0.2, 0.25) is 0 Å². The highest BCUT2D eigenvalue weighted by Crippen LogP contribution is 2.34. The van der Waals surface area contributed by atoms with Gasteiger partial charge in [0.1, 0.15) is 11.4 Å². The first-order chi connectivity index (χ1) is 16.0. The second-order valence-electron chi connectivity index (χ2n) is 9.75. The van der Waals surface area contributed by atoms with Crippen LogP contribution in [0.25, 0.3) is 0 Å². The molecule has 34 heavy (non-hydrogen) atoms. The highest BCUT2D eigenvalue weighted by molar-refractivity contribution is 7.93. The molecule has 3 aromatic rings. The largest absolute Gasteiger partial charge is 0.332 e.